The Bertz CT molecular complexity index is 705. The van der Waals surface area contributed by atoms with Crippen LogP contribution in [0.5, 0.6) is 5.75 Å². The highest BCUT2D eigenvalue weighted by atomic mass is 16.5. The van der Waals surface area contributed by atoms with Crippen molar-refractivity contribution in [2.45, 2.75) is 13.8 Å². The van der Waals surface area contributed by atoms with Crippen molar-refractivity contribution < 1.29 is 14.3 Å². The minimum atomic E-state index is -0.210. The summed E-state index contributed by atoms with van der Waals surface area (Å²) in [7, 11) is 1.53. The van der Waals surface area contributed by atoms with Gasteiger partial charge in [-0.1, -0.05) is 30.3 Å². The molecule has 2 rings (SSSR count). The summed E-state index contributed by atoms with van der Waals surface area (Å²) in [5.74, 6) is 0.162. The average molecular weight is 311 g/mol. The normalized spacial score (nSPS) is 10.2. The number of methoxy groups -OCH3 is 1. The van der Waals surface area contributed by atoms with E-state index < -0.39 is 0 Å². The van der Waals surface area contributed by atoms with Crippen molar-refractivity contribution in [1.29, 1.82) is 0 Å². The van der Waals surface area contributed by atoms with Gasteiger partial charge >= 0.3 is 0 Å². The minimum Gasteiger partial charge on any atom is -0.496 e. The van der Waals surface area contributed by atoms with Gasteiger partial charge in [-0.3, -0.25) is 9.59 Å². The summed E-state index contributed by atoms with van der Waals surface area (Å²) in [5.41, 5.74) is 1.27. The molecule has 4 nitrogen and oxygen atoms in total. The molecule has 0 aliphatic heterocycles. The van der Waals surface area contributed by atoms with E-state index in [4.69, 9.17) is 4.74 Å². The SMILES string of the molecule is CCN(CC)C(=O)c1ccccc1C(=O)c1ccccc1OC. The van der Waals surface area contributed by atoms with E-state index in [0.717, 1.165) is 0 Å². The van der Waals surface area contributed by atoms with Crippen LogP contribution in [0.1, 0.15) is 40.1 Å². The molecule has 0 saturated heterocycles. The molecule has 0 saturated carbocycles. The van der Waals surface area contributed by atoms with Crippen LogP contribution in [0, 0.1) is 0 Å². The average Bonchev–Trinajstić information content (AvgIpc) is 2.62. The quantitative estimate of drug-likeness (QED) is 0.768. The molecule has 0 aliphatic rings. The summed E-state index contributed by atoms with van der Waals surface area (Å²) in [6, 6.07) is 14.0. The molecular formula is C19H21NO3. The summed E-state index contributed by atoms with van der Waals surface area (Å²) >= 11 is 0. The summed E-state index contributed by atoms with van der Waals surface area (Å²) in [6.07, 6.45) is 0. The molecule has 0 aliphatic carbocycles. The molecule has 1 amide bonds. The second-order valence-electron chi connectivity index (χ2n) is 5.05. The molecule has 23 heavy (non-hydrogen) atoms. The van der Waals surface area contributed by atoms with E-state index in [-0.39, 0.29) is 11.7 Å². The van der Waals surface area contributed by atoms with Crippen molar-refractivity contribution >= 4 is 11.7 Å². The second kappa shape index (κ2) is 7.58. The number of rotatable bonds is 6. The molecule has 0 bridgehead atoms. The molecule has 120 valence electrons. The van der Waals surface area contributed by atoms with Crippen LogP contribution in [0.25, 0.3) is 0 Å². The van der Waals surface area contributed by atoms with Crippen molar-refractivity contribution in [2.24, 2.45) is 0 Å². The molecule has 0 fully saturated rings. The number of amides is 1. The van der Waals surface area contributed by atoms with Crippen molar-refractivity contribution in [3.05, 3.63) is 65.2 Å². The van der Waals surface area contributed by atoms with E-state index in [9.17, 15) is 9.59 Å². The first kappa shape index (κ1) is 16.7. The van der Waals surface area contributed by atoms with Crippen molar-refractivity contribution in [2.75, 3.05) is 20.2 Å². The lowest BCUT2D eigenvalue weighted by Gasteiger charge is -2.20. The van der Waals surface area contributed by atoms with Gasteiger partial charge in [0.05, 0.1) is 18.2 Å². The summed E-state index contributed by atoms with van der Waals surface area (Å²) in [5, 5.41) is 0. The zero-order valence-corrected chi connectivity index (χ0v) is 13.7. The van der Waals surface area contributed by atoms with Crippen molar-refractivity contribution in [3.8, 4) is 5.75 Å². The first-order valence-electron chi connectivity index (χ1n) is 7.70. The molecule has 0 N–H and O–H groups in total. The first-order valence-corrected chi connectivity index (χ1v) is 7.70. The third-order valence-electron chi connectivity index (χ3n) is 3.80. The Kier molecular flexibility index (Phi) is 5.52. The molecule has 0 atom stereocenters. The number of ether oxygens (including phenoxy) is 1. The van der Waals surface area contributed by atoms with Crippen LogP contribution in [0.15, 0.2) is 48.5 Å². The molecule has 0 heterocycles. The fraction of sp³-hybridized carbons (Fsp3) is 0.263. The molecule has 0 aromatic heterocycles. The monoisotopic (exact) mass is 311 g/mol. The van der Waals surface area contributed by atoms with Gasteiger partial charge in [0.2, 0.25) is 0 Å². The summed E-state index contributed by atoms with van der Waals surface area (Å²) in [4.78, 5) is 27.3. The van der Waals surface area contributed by atoms with Crippen LogP contribution < -0.4 is 4.74 Å². The Morgan fingerprint density at radius 1 is 0.870 bits per heavy atom. The summed E-state index contributed by atoms with van der Waals surface area (Å²) < 4.78 is 5.26. The Labute approximate surface area is 136 Å². The lowest BCUT2D eigenvalue weighted by Crippen LogP contribution is -2.31. The lowest BCUT2D eigenvalue weighted by atomic mass is 9.97. The smallest absolute Gasteiger partial charge is 0.254 e. The second-order valence-corrected chi connectivity index (χ2v) is 5.05. The van der Waals surface area contributed by atoms with Gasteiger partial charge in [-0.2, -0.15) is 0 Å². The third-order valence-corrected chi connectivity index (χ3v) is 3.80. The fourth-order valence-electron chi connectivity index (χ4n) is 2.53. The summed E-state index contributed by atoms with van der Waals surface area (Å²) in [6.45, 7) is 5.05. The topological polar surface area (TPSA) is 46.6 Å². The lowest BCUT2D eigenvalue weighted by molar-refractivity contribution is 0.0768. The molecular weight excluding hydrogens is 290 g/mol. The molecule has 0 spiro atoms. The number of nitrogens with zero attached hydrogens (tertiary/aromatic N) is 1. The number of ketones is 1. The highest BCUT2D eigenvalue weighted by Crippen LogP contribution is 2.23. The zero-order valence-electron chi connectivity index (χ0n) is 13.7. The molecule has 0 radical (unpaired) electrons. The van der Waals surface area contributed by atoms with Crippen molar-refractivity contribution in [3.63, 3.8) is 0 Å². The van der Waals surface area contributed by atoms with Crippen molar-refractivity contribution in [1.82, 2.24) is 4.90 Å². The zero-order chi connectivity index (χ0) is 16.8. The molecule has 4 heteroatoms. The van der Waals surface area contributed by atoms with Crippen LogP contribution in [-0.2, 0) is 0 Å². The van der Waals surface area contributed by atoms with Crippen LogP contribution in [0.4, 0.5) is 0 Å². The van der Waals surface area contributed by atoms with E-state index in [1.54, 1.807) is 47.4 Å². The van der Waals surface area contributed by atoms with Gasteiger partial charge in [-0.25, -0.2) is 0 Å². The van der Waals surface area contributed by atoms with Crippen LogP contribution >= 0.6 is 0 Å². The highest BCUT2D eigenvalue weighted by molar-refractivity contribution is 6.16. The van der Waals surface area contributed by atoms with E-state index >= 15 is 0 Å². The Morgan fingerprint density at radius 2 is 1.39 bits per heavy atom. The standard InChI is InChI=1S/C19H21NO3/c1-4-20(5-2)19(22)15-11-7-6-10-14(15)18(21)16-12-8-9-13-17(16)23-3/h6-13H,4-5H2,1-3H3. The number of benzene rings is 2. The Hall–Kier alpha value is -2.62. The predicted octanol–water partition coefficient (Wildman–Crippen LogP) is 3.41. The van der Waals surface area contributed by atoms with Gasteiger partial charge in [0.1, 0.15) is 5.75 Å². The number of hydrogen-bond acceptors (Lipinski definition) is 3. The number of carbonyl (C=O) groups is 2. The van der Waals surface area contributed by atoms with Gasteiger partial charge in [0, 0.05) is 18.7 Å². The Balaban J connectivity index is 2.48. The maximum atomic E-state index is 12.9. The predicted molar refractivity (Wildman–Crippen MR) is 90.1 cm³/mol. The number of para-hydroxylation sites is 1. The Morgan fingerprint density at radius 3 is 1.96 bits per heavy atom. The van der Waals surface area contributed by atoms with E-state index in [1.165, 1.54) is 7.11 Å². The van der Waals surface area contributed by atoms with Crippen LogP contribution in [0.3, 0.4) is 0 Å². The van der Waals surface area contributed by atoms with Gasteiger partial charge in [-0.05, 0) is 32.0 Å². The largest absolute Gasteiger partial charge is 0.496 e. The van der Waals surface area contributed by atoms with Gasteiger partial charge in [0.15, 0.2) is 5.78 Å². The first-order chi connectivity index (χ1) is 11.1. The minimum absolute atomic E-state index is 0.131. The molecule has 2 aromatic carbocycles. The van der Waals surface area contributed by atoms with Crippen LogP contribution in [-0.4, -0.2) is 36.8 Å². The maximum Gasteiger partial charge on any atom is 0.254 e. The van der Waals surface area contributed by atoms with Gasteiger partial charge in [0.25, 0.3) is 5.91 Å². The molecule has 0 unspecified atom stereocenters. The van der Waals surface area contributed by atoms with Crippen LogP contribution in [0.2, 0.25) is 0 Å². The van der Waals surface area contributed by atoms with Gasteiger partial charge < -0.3 is 9.64 Å². The fourth-order valence-corrected chi connectivity index (χ4v) is 2.53. The third kappa shape index (κ3) is 3.42. The highest BCUT2D eigenvalue weighted by Gasteiger charge is 2.22. The van der Waals surface area contributed by atoms with E-state index in [0.29, 0.717) is 35.5 Å². The van der Waals surface area contributed by atoms with Gasteiger partial charge in [-0.15, -0.1) is 0 Å². The number of carbonyl (C=O) groups excluding carboxylic acids is 2. The number of hydrogen-bond donors (Lipinski definition) is 0. The molecule has 2 aromatic rings. The maximum absolute atomic E-state index is 12.9. The van der Waals surface area contributed by atoms with E-state index in [1.807, 2.05) is 19.9 Å². The van der Waals surface area contributed by atoms with E-state index in [2.05, 4.69) is 0 Å².